The standard InChI is InChI=1S/C7H11BrO2.Mg.2H/c1-9-7(10-2)5-3-4-6-8;;;/h7H,3,5H2,1-2H3;;;/q;+2;2*-1. The van der Waals surface area contributed by atoms with Gasteiger partial charge in [0.1, 0.15) is 0 Å². The average Bonchev–Trinajstić information content (AvgIpc) is 1.99. The van der Waals surface area contributed by atoms with Gasteiger partial charge in [-0.15, -0.1) is 0 Å². The SMILES string of the molecule is COC(CCC#CBr)OC.[H-].[H-].[Mg+2]. The third kappa shape index (κ3) is 8.63. The molecule has 62 valence electrons. The molecule has 0 N–H and O–H groups in total. The minimum absolute atomic E-state index is 0. The second-order valence-corrected chi connectivity index (χ2v) is 2.11. The average molecular weight is 233 g/mol. The van der Waals surface area contributed by atoms with Crippen LogP contribution in [-0.2, 0) is 9.47 Å². The van der Waals surface area contributed by atoms with Gasteiger partial charge in [-0.1, -0.05) is 5.92 Å². The van der Waals surface area contributed by atoms with Gasteiger partial charge in [-0.3, -0.25) is 0 Å². The van der Waals surface area contributed by atoms with E-state index in [1.807, 2.05) is 0 Å². The molecule has 0 aliphatic carbocycles. The third-order valence-corrected chi connectivity index (χ3v) is 1.38. The number of halogens is 1. The van der Waals surface area contributed by atoms with Gasteiger partial charge in [0, 0.05) is 43.0 Å². The van der Waals surface area contributed by atoms with Crippen molar-refractivity contribution in [3.63, 3.8) is 0 Å². The van der Waals surface area contributed by atoms with Gasteiger partial charge in [-0.2, -0.15) is 0 Å². The van der Waals surface area contributed by atoms with E-state index in [4.69, 9.17) is 9.47 Å². The quantitative estimate of drug-likeness (QED) is 0.417. The first-order valence-corrected chi connectivity index (χ1v) is 3.78. The zero-order chi connectivity index (χ0) is 7.82. The van der Waals surface area contributed by atoms with Crippen molar-refractivity contribution >= 4 is 39.0 Å². The van der Waals surface area contributed by atoms with E-state index < -0.39 is 0 Å². The molecule has 0 fully saturated rings. The number of hydrogen-bond acceptors (Lipinski definition) is 2. The maximum Gasteiger partial charge on any atom is 2.00 e. The third-order valence-electron chi connectivity index (χ3n) is 1.10. The van der Waals surface area contributed by atoms with E-state index in [1.165, 1.54) is 0 Å². The van der Waals surface area contributed by atoms with Gasteiger partial charge in [0.2, 0.25) is 0 Å². The normalized spacial score (nSPS) is 8.36. The van der Waals surface area contributed by atoms with Gasteiger partial charge in [0.25, 0.3) is 0 Å². The summed E-state index contributed by atoms with van der Waals surface area (Å²) in [6.45, 7) is 0. The molecule has 0 bridgehead atoms. The number of hydrogen-bond donors (Lipinski definition) is 0. The zero-order valence-corrected chi connectivity index (χ0v) is 9.89. The minimum atomic E-state index is -0.117. The molecule has 11 heavy (non-hydrogen) atoms. The summed E-state index contributed by atoms with van der Waals surface area (Å²) in [7, 11) is 3.24. The molecule has 0 radical (unpaired) electrons. The van der Waals surface area contributed by atoms with Crippen LogP contribution < -0.4 is 0 Å². The maximum absolute atomic E-state index is 4.94. The van der Waals surface area contributed by atoms with Crippen LogP contribution in [0.4, 0.5) is 0 Å². The first-order chi connectivity index (χ1) is 4.85. The summed E-state index contributed by atoms with van der Waals surface area (Å²) in [5.74, 6) is 2.85. The van der Waals surface area contributed by atoms with Crippen molar-refractivity contribution in [2.75, 3.05) is 14.2 Å². The van der Waals surface area contributed by atoms with Crippen molar-refractivity contribution in [1.82, 2.24) is 0 Å². The van der Waals surface area contributed by atoms with E-state index in [9.17, 15) is 0 Å². The second-order valence-electron chi connectivity index (χ2n) is 1.71. The van der Waals surface area contributed by atoms with Crippen LogP contribution in [0.5, 0.6) is 0 Å². The molecule has 0 aromatic carbocycles. The summed E-state index contributed by atoms with van der Waals surface area (Å²) in [4.78, 5) is 2.62. The molecule has 0 atom stereocenters. The van der Waals surface area contributed by atoms with Crippen molar-refractivity contribution in [1.29, 1.82) is 0 Å². The number of rotatable bonds is 4. The predicted octanol–water partition coefficient (Wildman–Crippen LogP) is 1.59. The number of ether oxygens (including phenoxy) is 2. The molecule has 0 aromatic heterocycles. The van der Waals surface area contributed by atoms with Gasteiger partial charge in [0.05, 0.1) is 0 Å². The molecule has 0 saturated heterocycles. The van der Waals surface area contributed by atoms with Crippen molar-refractivity contribution in [3.05, 3.63) is 0 Å². The number of methoxy groups -OCH3 is 2. The van der Waals surface area contributed by atoms with Crippen LogP contribution in [-0.4, -0.2) is 43.6 Å². The van der Waals surface area contributed by atoms with E-state index in [0.29, 0.717) is 0 Å². The second kappa shape index (κ2) is 10.7. The molecule has 0 spiro atoms. The Morgan fingerprint density at radius 3 is 2.36 bits per heavy atom. The first-order valence-electron chi connectivity index (χ1n) is 2.99. The Balaban J connectivity index is -0.000000135. The van der Waals surface area contributed by atoms with Crippen molar-refractivity contribution in [3.8, 4) is 10.8 Å². The molecule has 0 aliphatic rings. The summed E-state index contributed by atoms with van der Waals surface area (Å²) in [6.07, 6.45) is 1.48. The Morgan fingerprint density at radius 1 is 1.45 bits per heavy atom. The predicted molar refractivity (Wildman–Crippen MR) is 51.7 cm³/mol. The summed E-state index contributed by atoms with van der Waals surface area (Å²) < 4.78 is 9.88. The van der Waals surface area contributed by atoms with Crippen LogP contribution in [0.1, 0.15) is 15.7 Å². The maximum atomic E-state index is 4.94. The molecule has 0 rings (SSSR count). The zero-order valence-electron chi connectivity index (χ0n) is 8.89. The van der Waals surface area contributed by atoms with Gasteiger partial charge in [-0.25, -0.2) is 0 Å². The Morgan fingerprint density at radius 2 is 2.00 bits per heavy atom. The van der Waals surface area contributed by atoms with Gasteiger partial charge < -0.3 is 12.3 Å². The fourth-order valence-corrected chi connectivity index (χ4v) is 0.767. The fraction of sp³-hybridized carbons (Fsp3) is 0.714. The molecule has 0 aromatic rings. The molecule has 0 saturated carbocycles. The first kappa shape index (κ1) is 14.3. The largest absolute Gasteiger partial charge is 2.00 e. The van der Waals surface area contributed by atoms with E-state index in [0.717, 1.165) is 12.8 Å². The summed E-state index contributed by atoms with van der Waals surface area (Å²) >= 11 is 3.00. The Labute approximate surface area is 95.3 Å². The Bertz CT molecular complexity index is 134. The molecule has 2 nitrogen and oxygen atoms in total. The van der Waals surface area contributed by atoms with Crippen LogP contribution in [0.2, 0.25) is 0 Å². The van der Waals surface area contributed by atoms with Crippen molar-refractivity contribution in [2.45, 2.75) is 19.1 Å². The Hall–Kier alpha value is 0.726. The van der Waals surface area contributed by atoms with Crippen LogP contribution in [0.25, 0.3) is 0 Å². The molecule has 0 aliphatic heterocycles. The molecular weight excluding hydrogens is 220 g/mol. The van der Waals surface area contributed by atoms with Gasteiger partial charge >= 0.3 is 23.1 Å². The fourth-order valence-electron chi connectivity index (χ4n) is 0.569. The summed E-state index contributed by atoms with van der Waals surface area (Å²) in [5, 5.41) is 0. The van der Waals surface area contributed by atoms with E-state index in [-0.39, 0.29) is 32.2 Å². The summed E-state index contributed by atoms with van der Waals surface area (Å²) in [5.41, 5.74) is 0. The topological polar surface area (TPSA) is 18.5 Å². The van der Waals surface area contributed by atoms with Crippen LogP contribution in [0.15, 0.2) is 0 Å². The van der Waals surface area contributed by atoms with Crippen LogP contribution >= 0.6 is 15.9 Å². The molecule has 0 amide bonds. The van der Waals surface area contributed by atoms with E-state index in [2.05, 4.69) is 26.7 Å². The van der Waals surface area contributed by atoms with Gasteiger partial charge in [-0.05, 0) is 4.83 Å². The van der Waals surface area contributed by atoms with Crippen molar-refractivity contribution < 1.29 is 12.3 Å². The van der Waals surface area contributed by atoms with E-state index in [1.54, 1.807) is 14.2 Å². The minimum Gasteiger partial charge on any atom is -1.00 e. The van der Waals surface area contributed by atoms with Crippen LogP contribution in [0, 0.1) is 10.8 Å². The monoisotopic (exact) mass is 232 g/mol. The summed E-state index contributed by atoms with van der Waals surface area (Å²) in [6, 6.07) is 0. The molecular formula is C7H13BrMgO2. The Kier molecular flexibility index (Phi) is 13.9. The smallest absolute Gasteiger partial charge is 1.00 e. The van der Waals surface area contributed by atoms with Crippen molar-refractivity contribution in [2.24, 2.45) is 0 Å². The van der Waals surface area contributed by atoms with Gasteiger partial charge in [0.15, 0.2) is 6.29 Å². The van der Waals surface area contributed by atoms with Crippen LogP contribution in [0.3, 0.4) is 0 Å². The molecule has 4 heteroatoms. The molecule has 0 heterocycles. The van der Waals surface area contributed by atoms with E-state index >= 15 is 0 Å². The molecule has 0 unspecified atom stereocenters.